The number of rotatable bonds is 5. The number of hydrogen-bond acceptors (Lipinski definition) is 8. The lowest BCUT2D eigenvalue weighted by molar-refractivity contribution is -0.769. The molecule has 0 saturated carbocycles. The number of nitrogens with zero attached hydrogens (tertiary/aromatic N) is 2. The van der Waals surface area contributed by atoms with Crippen molar-refractivity contribution in [2.45, 2.75) is 49.1 Å². The fourth-order valence-corrected chi connectivity index (χ4v) is 4.48. The quantitative estimate of drug-likeness (QED) is 0.382. The zero-order chi connectivity index (χ0) is 17.5. The van der Waals surface area contributed by atoms with E-state index in [1.165, 1.54) is 16.7 Å². The first-order valence-electron chi connectivity index (χ1n) is 7.56. The summed E-state index contributed by atoms with van der Waals surface area (Å²) >= 11 is 1.53. The number of hydrogen-bond donors (Lipinski definition) is 1. The third-order valence-corrected chi connectivity index (χ3v) is 5.92. The van der Waals surface area contributed by atoms with Gasteiger partial charge in [0.25, 0.3) is 5.09 Å². The molecular weight excluding hydrogens is 342 g/mol. The minimum Gasteiger partial charge on any atom is -0.371 e. The van der Waals surface area contributed by atoms with Crippen LogP contribution in [-0.4, -0.2) is 76.5 Å². The first-order chi connectivity index (χ1) is 11.3. The summed E-state index contributed by atoms with van der Waals surface area (Å²) < 4.78 is 11.0. The van der Waals surface area contributed by atoms with Gasteiger partial charge in [-0.05, 0) is 13.8 Å². The van der Waals surface area contributed by atoms with Crippen LogP contribution in [0.2, 0.25) is 0 Å². The molecule has 0 aromatic heterocycles. The summed E-state index contributed by atoms with van der Waals surface area (Å²) in [5.74, 6) is 0.226. The van der Waals surface area contributed by atoms with Gasteiger partial charge in [0.1, 0.15) is 18.2 Å². The number of carbonyl (C=O) groups is 2. The van der Waals surface area contributed by atoms with E-state index >= 15 is 0 Å². The average Bonchev–Trinajstić information content (AvgIpc) is 3.14. The lowest BCUT2D eigenvalue weighted by atomic mass is 10.1. The first kappa shape index (κ1) is 17.2. The summed E-state index contributed by atoms with van der Waals surface area (Å²) in [5.41, 5.74) is 0. The van der Waals surface area contributed by atoms with E-state index in [1.54, 1.807) is 0 Å². The lowest BCUT2D eigenvalue weighted by Gasteiger charge is -2.31. The molecule has 0 spiro atoms. The smallest absolute Gasteiger partial charge is 0.294 e. The van der Waals surface area contributed by atoms with Crippen molar-refractivity contribution in [3.8, 4) is 0 Å². The molecule has 3 aliphatic heterocycles. The molecule has 1 N–H and O–H groups in total. The standard InChI is InChI=1S/C13H19N3O7S/c1-13(2)15(6-17)8(5-24-13)12(18)14-7-3-21-11-9(23-16(19)20)4-22-10(7)11/h6-11H,3-5H2,1-2H3,(H,14,18)/t7-,8?,9-,10+,11+/m0/s1. The van der Waals surface area contributed by atoms with E-state index < -0.39 is 40.4 Å². The Bertz CT molecular complexity index is 546. The average molecular weight is 361 g/mol. The SMILES string of the molecule is CC1(C)SCC(C(=O)N[C@H]2CO[C@H]3[C@@H]2OC[C@@H]3O[N+](=O)[O-])N1C=O. The number of nitrogens with one attached hydrogen (secondary N) is 1. The number of ether oxygens (including phenoxy) is 2. The van der Waals surface area contributed by atoms with Crippen LogP contribution in [0.4, 0.5) is 0 Å². The van der Waals surface area contributed by atoms with Gasteiger partial charge in [0.05, 0.1) is 24.1 Å². The normalized spacial score (nSPS) is 37.1. The van der Waals surface area contributed by atoms with Crippen LogP contribution in [0.15, 0.2) is 0 Å². The van der Waals surface area contributed by atoms with Crippen molar-refractivity contribution in [2.24, 2.45) is 0 Å². The number of carbonyl (C=O) groups excluding carboxylic acids is 2. The molecule has 3 fully saturated rings. The summed E-state index contributed by atoms with van der Waals surface area (Å²) in [6, 6.07) is -0.987. The lowest BCUT2D eigenvalue weighted by Crippen LogP contribution is -2.54. The van der Waals surface area contributed by atoms with Crippen LogP contribution in [0.1, 0.15) is 13.8 Å². The maximum absolute atomic E-state index is 12.5. The molecule has 11 heteroatoms. The molecule has 0 bridgehead atoms. The maximum atomic E-state index is 12.5. The Morgan fingerprint density at radius 3 is 2.79 bits per heavy atom. The van der Waals surface area contributed by atoms with E-state index in [0.717, 1.165) is 0 Å². The zero-order valence-corrected chi connectivity index (χ0v) is 14.1. The molecule has 24 heavy (non-hydrogen) atoms. The van der Waals surface area contributed by atoms with Crippen LogP contribution in [0.25, 0.3) is 0 Å². The fourth-order valence-electron chi connectivity index (χ4n) is 3.28. The topological polar surface area (TPSA) is 120 Å². The predicted octanol–water partition coefficient (Wildman–Crippen LogP) is -0.844. The van der Waals surface area contributed by atoms with Gasteiger partial charge in [-0.25, -0.2) is 0 Å². The molecule has 2 amide bonds. The molecule has 0 aromatic rings. The molecule has 134 valence electrons. The Morgan fingerprint density at radius 2 is 2.12 bits per heavy atom. The van der Waals surface area contributed by atoms with Crippen LogP contribution in [0.5, 0.6) is 0 Å². The summed E-state index contributed by atoms with van der Waals surface area (Å²) in [6.45, 7) is 3.99. The van der Waals surface area contributed by atoms with E-state index in [4.69, 9.17) is 9.47 Å². The second-order valence-electron chi connectivity index (χ2n) is 6.36. The van der Waals surface area contributed by atoms with Crippen molar-refractivity contribution in [2.75, 3.05) is 19.0 Å². The third-order valence-electron chi connectivity index (χ3n) is 4.53. The Balaban J connectivity index is 1.60. The van der Waals surface area contributed by atoms with Crippen molar-refractivity contribution >= 4 is 24.1 Å². The molecule has 0 radical (unpaired) electrons. The minimum absolute atomic E-state index is 0.0372. The number of amides is 2. The van der Waals surface area contributed by atoms with Gasteiger partial charge in [-0.15, -0.1) is 21.9 Å². The van der Waals surface area contributed by atoms with E-state index in [1.807, 2.05) is 13.8 Å². The summed E-state index contributed by atoms with van der Waals surface area (Å²) in [5, 5.41) is 12.4. The molecule has 3 heterocycles. The Hall–Kier alpha value is -1.59. The summed E-state index contributed by atoms with van der Waals surface area (Å²) in [6.07, 6.45) is -1.19. The van der Waals surface area contributed by atoms with Crippen molar-refractivity contribution in [1.29, 1.82) is 0 Å². The summed E-state index contributed by atoms with van der Waals surface area (Å²) in [4.78, 5) is 39.9. The highest BCUT2D eigenvalue weighted by Crippen LogP contribution is 2.38. The van der Waals surface area contributed by atoms with E-state index in [9.17, 15) is 19.7 Å². The summed E-state index contributed by atoms with van der Waals surface area (Å²) in [7, 11) is 0. The Morgan fingerprint density at radius 1 is 1.42 bits per heavy atom. The van der Waals surface area contributed by atoms with Gasteiger partial charge in [-0.2, -0.15) is 0 Å². The first-order valence-corrected chi connectivity index (χ1v) is 8.54. The van der Waals surface area contributed by atoms with E-state index in [-0.39, 0.29) is 19.1 Å². The van der Waals surface area contributed by atoms with Gasteiger partial charge < -0.3 is 24.5 Å². The van der Waals surface area contributed by atoms with E-state index in [2.05, 4.69) is 10.2 Å². The molecule has 0 aromatic carbocycles. The van der Waals surface area contributed by atoms with Crippen molar-refractivity contribution < 1.29 is 29.0 Å². The Kier molecular flexibility index (Phi) is 4.58. The third kappa shape index (κ3) is 3.03. The van der Waals surface area contributed by atoms with E-state index in [0.29, 0.717) is 12.2 Å². The van der Waals surface area contributed by atoms with Gasteiger partial charge in [0.15, 0.2) is 6.10 Å². The van der Waals surface area contributed by atoms with Crippen LogP contribution in [0.3, 0.4) is 0 Å². The molecule has 3 aliphatic rings. The molecule has 5 atom stereocenters. The second kappa shape index (κ2) is 6.37. The van der Waals surface area contributed by atoms with Gasteiger partial charge >= 0.3 is 0 Å². The van der Waals surface area contributed by atoms with Gasteiger partial charge in [0.2, 0.25) is 12.3 Å². The largest absolute Gasteiger partial charge is 0.371 e. The minimum atomic E-state index is -0.870. The predicted molar refractivity (Wildman–Crippen MR) is 81.5 cm³/mol. The molecule has 10 nitrogen and oxygen atoms in total. The maximum Gasteiger partial charge on any atom is 0.294 e. The molecular formula is C13H19N3O7S. The zero-order valence-electron chi connectivity index (χ0n) is 13.2. The van der Waals surface area contributed by atoms with Crippen LogP contribution < -0.4 is 5.32 Å². The van der Waals surface area contributed by atoms with Crippen molar-refractivity contribution in [1.82, 2.24) is 10.2 Å². The highest BCUT2D eigenvalue weighted by atomic mass is 32.2. The highest BCUT2D eigenvalue weighted by Gasteiger charge is 2.51. The van der Waals surface area contributed by atoms with Crippen LogP contribution >= 0.6 is 11.8 Å². The van der Waals surface area contributed by atoms with Crippen LogP contribution in [-0.2, 0) is 23.9 Å². The van der Waals surface area contributed by atoms with Crippen molar-refractivity contribution in [3.05, 3.63) is 10.1 Å². The molecule has 3 saturated heterocycles. The fraction of sp³-hybridized carbons (Fsp3) is 0.846. The Labute approximate surface area is 142 Å². The van der Waals surface area contributed by atoms with Crippen LogP contribution in [0, 0.1) is 10.1 Å². The van der Waals surface area contributed by atoms with Gasteiger partial charge in [-0.1, -0.05) is 0 Å². The highest BCUT2D eigenvalue weighted by molar-refractivity contribution is 8.00. The van der Waals surface area contributed by atoms with Crippen molar-refractivity contribution in [3.63, 3.8) is 0 Å². The molecule has 1 unspecified atom stereocenters. The molecule has 0 aliphatic carbocycles. The van der Waals surface area contributed by atoms with Gasteiger partial charge in [-0.3, -0.25) is 9.59 Å². The molecule has 3 rings (SSSR count). The number of fused-ring (bicyclic) bond motifs is 1. The monoisotopic (exact) mass is 361 g/mol. The number of thioether (sulfide) groups is 1. The van der Waals surface area contributed by atoms with Gasteiger partial charge in [0, 0.05) is 5.75 Å². The second-order valence-corrected chi connectivity index (χ2v) is 7.99.